The fourth-order valence-electron chi connectivity index (χ4n) is 3.49. The maximum absolute atomic E-state index is 12.9. The molecule has 0 aliphatic heterocycles. The number of aryl methyl sites for hydroxylation is 2. The molecular formula is C21H22N4O4S2. The summed E-state index contributed by atoms with van der Waals surface area (Å²) >= 11 is 2.53. The number of esters is 1. The summed E-state index contributed by atoms with van der Waals surface area (Å²) in [6.45, 7) is 5.63. The molecule has 1 atom stereocenters. The molecule has 0 radical (unpaired) electrons. The summed E-state index contributed by atoms with van der Waals surface area (Å²) in [5.74, 6) is -0.693. The summed E-state index contributed by atoms with van der Waals surface area (Å²) in [6, 6.07) is 3.60. The van der Waals surface area contributed by atoms with Crippen LogP contribution in [0, 0.1) is 6.92 Å². The number of nitrogens with one attached hydrogen (secondary N) is 1. The fraction of sp³-hybridized carbons (Fsp3) is 0.381. The van der Waals surface area contributed by atoms with Crippen LogP contribution in [0.1, 0.15) is 46.6 Å². The maximum Gasteiger partial charge on any atom is 0.355 e. The second kappa shape index (κ2) is 8.80. The summed E-state index contributed by atoms with van der Waals surface area (Å²) in [5.41, 5.74) is 2.41. The number of rotatable bonds is 6. The molecule has 162 valence electrons. The molecule has 3 heterocycles. The molecule has 0 aromatic carbocycles. The Hall–Kier alpha value is -2.72. The summed E-state index contributed by atoms with van der Waals surface area (Å²) < 4.78 is 6.58. The number of aromatic nitrogens is 3. The number of carbonyl (C=O) groups excluding carboxylic acids is 2. The van der Waals surface area contributed by atoms with Gasteiger partial charge in [-0.3, -0.25) is 9.20 Å². The van der Waals surface area contributed by atoms with E-state index in [0.29, 0.717) is 16.2 Å². The molecule has 3 aromatic rings. The van der Waals surface area contributed by atoms with Crippen LogP contribution < -0.4 is 11.0 Å². The Bertz CT molecular complexity index is 1230. The van der Waals surface area contributed by atoms with E-state index in [4.69, 9.17) is 4.74 Å². The van der Waals surface area contributed by atoms with Crippen molar-refractivity contribution in [3.8, 4) is 0 Å². The number of hydrogen-bond acceptors (Lipinski definition) is 8. The Morgan fingerprint density at radius 3 is 2.90 bits per heavy atom. The Labute approximate surface area is 187 Å². The van der Waals surface area contributed by atoms with Gasteiger partial charge in [0.25, 0.3) is 0 Å². The molecule has 0 unspecified atom stereocenters. The van der Waals surface area contributed by atoms with Crippen LogP contribution in [0.2, 0.25) is 0 Å². The summed E-state index contributed by atoms with van der Waals surface area (Å²) in [4.78, 5) is 47.1. The minimum absolute atomic E-state index is 0.232. The molecule has 1 aliphatic carbocycles. The number of ether oxygens (including phenoxy) is 1. The van der Waals surface area contributed by atoms with Gasteiger partial charge in [-0.25, -0.2) is 14.6 Å². The fourth-order valence-corrected chi connectivity index (χ4v) is 5.53. The van der Waals surface area contributed by atoms with E-state index in [1.807, 2.05) is 13.0 Å². The molecule has 10 heteroatoms. The van der Waals surface area contributed by atoms with Gasteiger partial charge in [-0.1, -0.05) is 17.8 Å². The van der Waals surface area contributed by atoms with Crippen molar-refractivity contribution in [2.24, 2.45) is 0 Å². The van der Waals surface area contributed by atoms with E-state index in [9.17, 15) is 14.4 Å². The molecule has 31 heavy (non-hydrogen) atoms. The third-order valence-corrected chi connectivity index (χ3v) is 7.14. The van der Waals surface area contributed by atoms with Gasteiger partial charge >= 0.3 is 11.7 Å². The van der Waals surface area contributed by atoms with Gasteiger partial charge in [0, 0.05) is 11.1 Å². The Morgan fingerprint density at radius 2 is 2.13 bits per heavy atom. The number of nitrogens with zero attached hydrogens (tertiary/aromatic N) is 3. The van der Waals surface area contributed by atoms with Crippen LogP contribution in [0.5, 0.6) is 0 Å². The van der Waals surface area contributed by atoms with Crippen LogP contribution in [-0.4, -0.2) is 38.1 Å². The first kappa shape index (κ1) is 21.5. The van der Waals surface area contributed by atoms with E-state index in [-0.39, 0.29) is 17.7 Å². The number of carbonyl (C=O) groups is 2. The molecular weight excluding hydrogens is 436 g/mol. The highest BCUT2D eigenvalue weighted by Gasteiger charge is 2.29. The summed E-state index contributed by atoms with van der Waals surface area (Å²) in [6.07, 6.45) is 4.40. The van der Waals surface area contributed by atoms with Crippen molar-refractivity contribution in [3.63, 3.8) is 0 Å². The van der Waals surface area contributed by atoms with E-state index in [2.05, 4.69) is 15.3 Å². The SMILES string of the molecule is CCOC(=O)c1c(NC(=O)[C@H](C)Sc2nc(=O)n3cc(C)ccc3n2)sc2c1CCC2. The number of thioether (sulfide) groups is 1. The Kier molecular flexibility index (Phi) is 6.10. The highest BCUT2D eigenvalue weighted by Crippen LogP contribution is 2.39. The predicted octanol–water partition coefficient (Wildman–Crippen LogP) is 3.24. The van der Waals surface area contributed by atoms with Crippen LogP contribution in [0.4, 0.5) is 5.00 Å². The molecule has 3 aromatic heterocycles. The van der Waals surface area contributed by atoms with Gasteiger partial charge < -0.3 is 10.1 Å². The molecule has 1 N–H and O–H groups in total. The first-order valence-corrected chi connectivity index (χ1v) is 11.7. The molecule has 4 rings (SSSR count). The Balaban J connectivity index is 1.53. The van der Waals surface area contributed by atoms with Crippen LogP contribution in [0.15, 0.2) is 28.3 Å². The summed E-state index contributed by atoms with van der Waals surface area (Å²) in [5, 5.41) is 3.06. The maximum atomic E-state index is 12.9. The van der Waals surface area contributed by atoms with Crippen molar-refractivity contribution in [3.05, 3.63) is 50.4 Å². The van der Waals surface area contributed by atoms with Crippen LogP contribution >= 0.6 is 23.1 Å². The van der Waals surface area contributed by atoms with Gasteiger partial charge in [0.05, 0.1) is 17.4 Å². The summed E-state index contributed by atoms with van der Waals surface area (Å²) in [7, 11) is 0. The predicted molar refractivity (Wildman–Crippen MR) is 120 cm³/mol. The van der Waals surface area contributed by atoms with Crippen LogP contribution in [0.3, 0.4) is 0 Å². The van der Waals surface area contributed by atoms with Crippen molar-refractivity contribution in [2.45, 2.75) is 50.4 Å². The third-order valence-electron chi connectivity index (χ3n) is 4.97. The molecule has 0 spiro atoms. The monoisotopic (exact) mass is 458 g/mol. The lowest BCUT2D eigenvalue weighted by molar-refractivity contribution is -0.115. The van der Waals surface area contributed by atoms with Crippen molar-refractivity contribution in [1.29, 1.82) is 0 Å². The highest BCUT2D eigenvalue weighted by atomic mass is 32.2. The zero-order valence-corrected chi connectivity index (χ0v) is 19.1. The lowest BCUT2D eigenvalue weighted by atomic mass is 10.1. The van der Waals surface area contributed by atoms with Gasteiger partial charge in [-0.15, -0.1) is 11.3 Å². The zero-order chi connectivity index (χ0) is 22.1. The number of pyridine rings is 1. The van der Waals surface area contributed by atoms with E-state index in [0.717, 1.165) is 47.0 Å². The van der Waals surface area contributed by atoms with Gasteiger partial charge in [0.2, 0.25) is 5.91 Å². The van der Waals surface area contributed by atoms with E-state index in [1.165, 1.54) is 15.7 Å². The quantitative estimate of drug-likeness (QED) is 0.447. The molecule has 0 bridgehead atoms. The van der Waals surface area contributed by atoms with Gasteiger partial charge in [-0.05, 0) is 57.2 Å². The molecule has 0 saturated heterocycles. The molecule has 0 saturated carbocycles. The first-order chi connectivity index (χ1) is 14.9. The molecule has 1 amide bonds. The molecule has 8 nitrogen and oxygen atoms in total. The van der Waals surface area contributed by atoms with Crippen molar-refractivity contribution < 1.29 is 14.3 Å². The van der Waals surface area contributed by atoms with E-state index >= 15 is 0 Å². The minimum Gasteiger partial charge on any atom is -0.462 e. The van der Waals surface area contributed by atoms with E-state index in [1.54, 1.807) is 26.1 Å². The number of hydrogen-bond donors (Lipinski definition) is 1. The Morgan fingerprint density at radius 1 is 1.32 bits per heavy atom. The number of amides is 1. The molecule has 1 aliphatic rings. The smallest absolute Gasteiger partial charge is 0.355 e. The van der Waals surface area contributed by atoms with Crippen LogP contribution in [-0.2, 0) is 22.4 Å². The van der Waals surface area contributed by atoms with E-state index < -0.39 is 16.9 Å². The number of fused-ring (bicyclic) bond motifs is 2. The minimum atomic E-state index is -0.570. The van der Waals surface area contributed by atoms with Gasteiger partial charge in [-0.2, -0.15) is 4.98 Å². The molecule has 0 fully saturated rings. The normalized spacial score (nSPS) is 13.8. The lowest BCUT2D eigenvalue weighted by Gasteiger charge is -2.12. The topological polar surface area (TPSA) is 103 Å². The highest BCUT2D eigenvalue weighted by molar-refractivity contribution is 8.00. The number of thiophene rings is 1. The first-order valence-electron chi connectivity index (χ1n) is 10.0. The number of anilines is 1. The van der Waals surface area contributed by atoms with Crippen molar-refractivity contribution >= 4 is 45.6 Å². The van der Waals surface area contributed by atoms with Crippen molar-refractivity contribution in [2.75, 3.05) is 11.9 Å². The zero-order valence-electron chi connectivity index (χ0n) is 17.4. The van der Waals surface area contributed by atoms with Crippen molar-refractivity contribution in [1.82, 2.24) is 14.4 Å². The average Bonchev–Trinajstić information content (AvgIpc) is 3.29. The van der Waals surface area contributed by atoms with Gasteiger partial charge in [0.15, 0.2) is 5.16 Å². The average molecular weight is 459 g/mol. The van der Waals surface area contributed by atoms with Gasteiger partial charge in [0.1, 0.15) is 10.6 Å². The second-order valence-electron chi connectivity index (χ2n) is 7.25. The lowest BCUT2D eigenvalue weighted by Crippen LogP contribution is -2.25. The second-order valence-corrected chi connectivity index (χ2v) is 9.67. The third kappa shape index (κ3) is 4.35. The standard InChI is InChI=1S/C21H22N4O4S2/c1-4-29-19(27)16-13-6-5-7-14(13)31-18(16)23-17(26)12(3)30-20-22-15-9-8-11(2)10-25(15)21(28)24-20/h8-10,12H,4-7H2,1-3H3,(H,23,26)/t12-/m0/s1. The van der Waals surface area contributed by atoms with Crippen LogP contribution in [0.25, 0.3) is 5.65 Å². The largest absolute Gasteiger partial charge is 0.462 e.